The Morgan fingerprint density at radius 2 is 1.73 bits per heavy atom. The van der Waals surface area contributed by atoms with Gasteiger partial charge in [-0.15, -0.1) is 0 Å². The van der Waals surface area contributed by atoms with Crippen molar-refractivity contribution in [3.05, 3.63) is 17.6 Å². The molecule has 0 aliphatic carbocycles. The Morgan fingerprint density at radius 1 is 1.27 bits per heavy atom. The van der Waals surface area contributed by atoms with E-state index in [9.17, 15) is 5.21 Å². The van der Waals surface area contributed by atoms with Gasteiger partial charge in [0.1, 0.15) is 0 Å². The molecule has 0 aliphatic rings. The van der Waals surface area contributed by atoms with Crippen molar-refractivity contribution in [2.24, 2.45) is 0 Å². The molecule has 11 heavy (non-hydrogen) atoms. The highest BCUT2D eigenvalue weighted by Crippen LogP contribution is 2.07. The molecule has 5 nitrogen and oxygen atoms in total. The predicted octanol–water partition coefficient (Wildman–Crippen LogP) is -0.268. The van der Waals surface area contributed by atoms with Crippen molar-refractivity contribution in [2.75, 3.05) is 14.2 Å². The zero-order chi connectivity index (χ0) is 8.27. The molecule has 0 aromatic carbocycles. The van der Waals surface area contributed by atoms with Crippen molar-refractivity contribution in [1.29, 1.82) is 0 Å². The summed E-state index contributed by atoms with van der Waals surface area (Å²) in [6, 6.07) is 0. The average molecular weight is 156 g/mol. The van der Waals surface area contributed by atoms with Crippen LogP contribution in [0.2, 0.25) is 0 Å². The molecule has 1 aromatic heterocycles. The molecule has 0 saturated heterocycles. The van der Waals surface area contributed by atoms with E-state index in [-0.39, 0.29) is 11.8 Å². The van der Waals surface area contributed by atoms with Crippen LogP contribution < -0.4 is 14.2 Å². The molecule has 0 aliphatic heterocycles. The summed E-state index contributed by atoms with van der Waals surface area (Å²) in [5.41, 5.74) is 0. The SMILES string of the molecule is COc1c[n+]([O-])cc(OC)n1. The molecule has 0 fully saturated rings. The van der Waals surface area contributed by atoms with E-state index < -0.39 is 0 Å². The van der Waals surface area contributed by atoms with Gasteiger partial charge in [0, 0.05) is 0 Å². The third kappa shape index (κ3) is 1.70. The van der Waals surface area contributed by atoms with Crippen LogP contribution in [-0.4, -0.2) is 19.2 Å². The van der Waals surface area contributed by atoms with E-state index in [1.165, 1.54) is 26.6 Å². The minimum absolute atomic E-state index is 0.236. The fourth-order valence-corrected chi connectivity index (χ4v) is 0.618. The zero-order valence-corrected chi connectivity index (χ0v) is 6.27. The Bertz CT molecular complexity index is 229. The van der Waals surface area contributed by atoms with E-state index in [0.29, 0.717) is 4.73 Å². The highest BCUT2D eigenvalue weighted by atomic mass is 16.5. The third-order valence-electron chi connectivity index (χ3n) is 1.11. The summed E-state index contributed by atoms with van der Waals surface area (Å²) in [5, 5.41) is 10.7. The fraction of sp³-hybridized carbons (Fsp3) is 0.333. The molecule has 0 bridgehead atoms. The minimum Gasteiger partial charge on any atom is -0.618 e. The van der Waals surface area contributed by atoms with Gasteiger partial charge in [-0.2, -0.15) is 9.71 Å². The average Bonchev–Trinajstić information content (AvgIpc) is 2.03. The Balaban J connectivity index is 3.02. The van der Waals surface area contributed by atoms with Gasteiger partial charge >= 0.3 is 0 Å². The number of ether oxygens (including phenoxy) is 2. The van der Waals surface area contributed by atoms with Gasteiger partial charge in [0.15, 0.2) is 0 Å². The van der Waals surface area contributed by atoms with E-state index in [2.05, 4.69) is 4.98 Å². The summed E-state index contributed by atoms with van der Waals surface area (Å²) in [4.78, 5) is 3.81. The summed E-state index contributed by atoms with van der Waals surface area (Å²) in [6.45, 7) is 0. The van der Waals surface area contributed by atoms with Gasteiger partial charge in [-0.3, -0.25) is 0 Å². The first-order valence-electron chi connectivity index (χ1n) is 2.95. The van der Waals surface area contributed by atoms with Gasteiger partial charge < -0.3 is 14.7 Å². The maximum Gasteiger partial charge on any atom is 0.284 e. The van der Waals surface area contributed by atoms with Crippen molar-refractivity contribution < 1.29 is 14.2 Å². The molecule has 5 heteroatoms. The summed E-state index contributed by atoms with van der Waals surface area (Å²) < 4.78 is 10.0. The molecule has 0 unspecified atom stereocenters. The predicted molar refractivity (Wildman–Crippen MR) is 36.3 cm³/mol. The van der Waals surface area contributed by atoms with Crippen LogP contribution in [0, 0.1) is 5.21 Å². The standard InChI is InChI=1S/C6H8N2O3/c1-10-5-3-8(9)4-6(7-5)11-2/h3-4H,1-2H3. The topological polar surface area (TPSA) is 58.3 Å². The molecule has 0 saturated carbocycles. The number of hydrogen-bond acceptors (Lipinski definition) is 4. The van der Waals surface area contributed by atoms with E-state index in [1.807, 2.05) is 0 Å². The van der Waals surface area contributed by atoms with Crippen LogP contribution in [-0.2, 0) is 0 Å². The molecular formula is C6H8N2O3. The Kier molecular flexibility index (Phi) is 2.10. The molecule has 0 N–H and O–H groups in total. The smallest absolute Gasteiger partial charge is 0.284 e. The first-order chi connectivity index (χ1) is 5.26. The van der Waals surface area contributed by atoms with Crippen LogP contribution in [0.4, 0.5) is 0 Å². The summed E-state index contributed by atoms with van der Waals surface area (Å²) in [7, 11) is 2.86. The Morgan fingerprint density at radius 3 is 2.09 bits per heavy atom. The maximum absolute atomic E-state index is 10.7. The molecule has 0 spiro atoms. The van der Waals surface area contributed by atoms with E-state index >= 15 is 0 Å². The van der Waals surface area contributed by atoms with E-state index in [0.717, 1.165) is 0 Å². The molecular weight excluding hydrogens is 148 g/mol. The molecule has 1 aromatic rings. The number of methoxy groups -OCH3 is 2. The lowest BCUT2D eigenvalue weighted by molar-refractivity contribution is -0.606. The largest absolute Gasteiger partial charge is 0.618 e. The van der Waals surface area contributed by atoms with Crippen molar-refractivity contribution in [1.82, 2.24) is 4.98 Å². The second kappa shape index (κ2) is 3.05. The summed E-state index contributed by atoms with van der Waals surface area (Å²) in [6.07, 6.45) is 2.42. The van der Waals surface area contributed by atoms with Gasteiger partial charge in [0.2, 0.25) is 12.4 Å². The normalized spacial score (nSPS) is 9.27. The van der Waals surface area contributed by atoms with Crippen LogP contribution in [0.25, 0.3) is 0 Å². The van der Waals surface area contributed by atoms with E-state index in [1.54, 1.807) is 0 Å². The van der Waals surface area contributed by atoms with Crippen LogP contribution >= 0.6 is 0 Å². The van der Waals surface area contributed by atoms with Crippen molar-refractivity contribution in [3.63, 3.8) is 0 Å². The third-order valence-corrected chi connectivity index (χ3v) is 1.11. The van der Waals surface area contributed by atoms with Crippen molar-refractivity contribution >= 4 is 0 Å². The lowest BCUT2D eigenvalue weighted by atomic mass is 10.7. The van der Waals surface area contributed by atoms with Crippen LogP contribution in [0.5, 0.6) is 11.8 Å². The van der Waals surface area contributed by atoms with Crippen LogP contribution in [0.15, 0.2) is 12.4 Å². The first kappa shape index (κ1) is 7.59. The van der Waals surface area contributed by atoms with Gasteiger partial charge in [-0.1, -0.05) is 0 Å². The number of rotatable bonds is 2. The fourth-order valence-electron chi connectivity index (χ4n) is 0.618. The summed E-state index contributed by atoms with van der Waals surface area (Å²) in [5.74, 6) is 0.471. The van der Waals surface area contributed by atoms with Crippen LogP contribution in [0.3, 0.4) is 0 Å². The Hall–Kier alpha value is -1.52. The first-order valence-corrected chi connectivity index (χ1v) is 2.95. The van der Waals surface area contributed by atoms with Crippen LogP contribution in [0.1, 0.15) is 0 Å². The molecule has 0 amide bonds. The summed E-state index contributed by atoms with van der Waals surface area (Å²) >= 11 is 0. The van der Waals surface area contributed by atoms with Crippen molar-refractivity contribution in [3.8, 4) is 11.8 Å². The quantitative estimate of drug-likeness (QED) is 0.437. The molecule has 1 rings (SSSR count). The Labute approximate surface area is 63.8 Å². The minimum atomic E-state index is 0.236. The molecule has 60 valence electrons. The zero-order valence-electron chi connectivity index (χ0n) is 6.27. The van der Waals surface area contributed by atoms with Gasteiger partial charge in [-0.25, -0.2) is 0 Å². The van der Waals surface area contributed by atoms with Gasteiger partial charge in [0.05, 0.1) is 14.2 Å². The molecule has 0 atom stereocenters. The lowest BCUT2D eigenvalue weighted by Crippen LogP contribution is -2.25. The maximum atomic E-state index is 10.7. The highest BCUT2D eigenvalue weighted by Gasteiger charge is 2.03. The number of aromatic nitrogens is 2. The second-order valence-electron chi connectivity index (χ2n) is 1.81. The molecule has 0 radical (unpaired) electrons. The second-order valence-corrected chi connectivity index (χ2v) is 1.81. The van der Waals surface area contributed by atoms with Gasteiger partial charge in [-0.05, 0) is 0 Å². The van der Waals surface area contributed by atoms with Gasteiger partial charge in [0.25, 0.3) is 11.8 Å². The number of nitrogens with zero attached hydrogens (tertiary/aromatic N) is 2. The molecule has 1 heterocycles. The monoisotopic (exact) mass is 156 g/mol. The van der Waals surface area contributed by atoms with Crippen molar-refractivity contribution in [2.45, 2.75) is 0 Å². The van der Waals surface area contributed by atoms with E-state index in [4.69, 9.17) is 9.47 Å². The highest BCUT2D eigenvalue weighted by molar-refractivity contribution is 5.08. The number of hydrogen-bond donors (Lipinski definition) is 0. The lowest BCUT2D eigenvalue weighted by Gasteiger charge is -2.01.